The highest BCUT2D eigenvalue weighted by Crippen LogP contribution is 2.29. The molecule has 0 saturated heterocycles. The number of nitrogens with two attached hydrogens (primary N) is 1. The first-order chi connectivity index (χ1) is 13.1. The fraction of sp³-hybridized carbons (Fsp3) is 0.167. The molecule has 0 saturated carbocycles. The molecule has 0 atom stereocenters. The van der Waals surface area contributed by atoms with E-state index in [1.165, 1.54) is 0 Å². The van der Waals surface area contributed by atoms with E-state index in [1.807, 2.05) is 24.3 Å². The third-order valence-electron chi connectivity index (χ3n) is 3.85. The number of aromatic nitrogens is 4. The SMILES string of the molecule is COc1ccc(-c2ccc3nc(Cc4nnc(CC(N)=O)o4)sc3c2)cn1. The molecular formula is C18H15N5O3S. The predicted molar refractivity (Wildman–Crippen MR) is 99.4 cm³/mol. The van der Waals surface area contributed by atoms with Gasteiger partial charge in [0.15, 0.2) is 0 Å². The lowest BCUT2D eigenvalue weighted by Crippen LogP contribution is -2.13. The number of carbonyl (C=O) groups excluding carboxylic acids is 1. The van der Waals surface area contributed by atoms with Gasteiger partial charge in [-0.1, -0.05) is 6.07 Å². The fourth-order valence-electron chi connectivity index (χ4n) is 2.61. The lowest BCUT2D eigenvalue weighted by atomic mass is 10.1. The Balaban J connectivity index is 1.56. The molecule has 3 heterocycles. The van der Waals surface area contributed by atoms with Gasteiger partial charge in [-0.25, -0.2) is 9.97 Å². The number of thiazole rings is 1. The molecular weight excluding hydrogens is 366 g/mol. The van der Waals surface area contributed by atoms with Crippen LogP contribution in [0.5, 0.6) is 5.88 Å². The summed E-state index contributed by atoms with van der Waals surface area (Å²) < 4.78 is 11.6. The van der Waals surface area contributed by atoms with Gasteiger partial charge in [-0.3, -0.25) is 4.79 Å². The summed E-state index contributed by atoms with van der Waals surface area (Å²) in [6.45, 7) is 0. The van der Waals surface area contributed by atoms with Gasteiger partial charge in [0.1, 0.15) is 11.4 Å². The molecule has 136 valence electrons. The highest BCUT2D eigenvalue weighted by molar-refractivity contribution is 7.18. The van der Waals surface area contributed by atoms with E-state index in [0.29, 0.717) is 18.2 Å². The molecule has 0 unspecified atom stereocenters. The number of pyridine rings is 1. The van der Waals surface area contributed by atoms with E-state index in [9.17, 15) is 4.79 Å². The summed E-state index contributed by atoms with van der Waals surface area (Å²) in [5, 5.41) is 8.61. The summed E-state index contributed by atoms with van der Waals surface area (Å²) in [5.41, 5.74) is 8.08. The Hall–Kier alpha value is -3.33. The summed E-state index contributed by atoms with van der Waals surface area (Å²) in [6, 6.07) is 9.85. The van der Waals surface area contributed by atoms with Crippen molar-refractivity contribution in [2.45, 2.75) is 12.8 Å². The Morgan fingerprint density at radius 3 is 2.74 bits per heavy atom. The van der Waals surface area contributed by atoms with Crippen molar-refractivity contribution >= 4 is 27.5 Å². The molecule has 27 heavy (non-hydrogen) atoms. The first kappa shape index (κ1) is 17.1. The lowest BCUT2D eigenvalue weighted by Gasteiger charge is -2.02. The Labute approximate surface area is 158 Å². The molecule has 0 aliphatic heterocycles. The summed E-state index contributed by atoms with van der Waals surface area (Å²) in [6.07, 6.45) is 2.12. The normalized spacial score (nSPS) is 11.0. The number of benzene rings is 1. The Morgan fingerprint density at radius 1 is 1.19 bits per heavy atom. The van der Waals surface area contributed by atoms with Crippen LogP contribution in [0.3, 0.4) is 0 Å². The van der Waals surface area contributed by atoms with Crippen LogP contribution in [0.25, 0.3) is 21.3 Å². The first-order valence-electron chi connectivity index (χ1n) is 8.10. The molecule has 0 bridgehead atoms. The van der Waals surface area contributed by atoms with E-state index >= 15 is 0 Å². The number of ether oxygens (including phenoxy) is 1. The number of methoxy groups -OCH3 is 1. The molecule has 1 amide bonds. The summed E-state index contributed by atoms with van der Waals surface area (Å²) >= 11 is 1.56. The number of nitrogens with zero attached hydrogens (tertiary/aromatic N) is 4. The number of rotatable bonds is 6. The fourth-order valence-corrected chi connectivity index (χ4v) is 3.61. The van der Waals surface area contributed by atoms with Gasteiger partial charge < -0.3 is 14.9 Å². The molecule has 0 aliphatic rings. The van der Waals surface area contributed by atoms with E-state index in [4.69, 9.17) is 14.9 Å². The third kappa shape index (κ3) is 3.77. The van der Waals surface area contributed by atoms with Gasteiger partial charge in [0.2, 0.25) is 23.6 Å². The highest BCUT2D eigenvalue weighted by Gasteiger charge is 2.12. The number of hydrogen-bond donors (Lipinski definition) is 1. The Kier molecular flexibility index (Phi) is 4.51. The standard InChI is InChI=1S/C18H15N5O3S/c1-25-15-5-3-11(9-20-15)10-2-4-12-13(6-10)27-18(21-12)8-17-23-22-16(26-17)7-14(19)24/h2-6,9H,7-8H2,1H3,(H2,19,24). The second-order valence-corrected chi connectivity index (χ2v) is 6.90. The van der Waals surface area contributed by atoms with Crippen LogP contribution in [0.2, 0.25) is 0 Å². The van der Waals surface area contributed by atoms with E-state index in [2.05, 4.69) is 26.2 Å². The van der Waals surface area contributed by atoms with Crippen LogP contribution in [-0.4, -0.2) is 33.2 Å². The van der Waals surface area contributed by atoms with Gasteiger partial charge in [0.05, 0.1) is 23.7 Å². The van der Waals surface area contributed by atoms with Gasteiger partial charge in [-0.15, -0.1) is 21.5 Å². The van der Waals surface area contributed by atoms with Crippen LogP contribution in [-0.2, 0) is 17.6 Å². The maximum Gasteiger partial charge on any atom is 0.226 e. The molecule has 2 N–H and O–H groups in total. The third-order valence-corrected chi connectivity index (χ3v) is 4.87. The van der Waals surface area contributed by atoms with Crippen molar-refractivity contribution in [1.29, 1.82) is 0 Å². The van der Waals surface area contributed by atoms with Crippen molar-refractivity contribution in [3.8, 4) is 17.0 Å². The second kappa shape index (κ2) is 7.12. The van der Waals surface area contributed by atoms with Crippen LogP contribution in [0.1, 0.15) is 16.8 Å². The van der Waals surface area contributed by atoms with Gasteiger partial charge in [0.25, 0.3) is 0 Å². The number of fused-ring (bicyclic) bond motifs is 1. The zero-order valence-electron chi connectivity index (χ0n) is 14.4. The molecule has 0 radical (unpaired) electrons. The van der Waals surface area contributed by atoms with Crippen LogP contribution in [0.4, 0.5) is 0 Å². The van der Waals surface area contributed by atoms with E-state index < -0.39 is 5.91 Å². The zero-order valence-corrected chi connectivity index (χ0v) is 15.2. The van der Waals surface area contributed by atoms with Crippen LogP contribution in [0.15, 0.2) is 40.9 Å². The van der Waals surface area contributed by atoms with Gasteiger partial charge in [-0.05, 0) is 23.8 Å². The molecule has 8 nitrogen and oxygen atoms in total. The van der Waals surface area contributed by atoms with Crippen molar-refractivity contribution in [3.05, 3.63) is 53.3 Å². The number of amides is 1. The van der Waals surface area contributed by atoms with E-state index in [-0.39, 0.29) is 12.3 Å². The van der Waals surface area contributed by atoms with Crippen molar-refractivity contribution in [2.24, 2.45) is 5.73 Å². The summed E-state index contributed by atoms with van der Waals surface area (Å²) in [5.74, 6) is 0.693. The largest absolute Gasteiger partial charge is 0.481 e. The lowest BCUT2D eigenvalue weighted by molar-refractivity contribution is -0.117. The molecule has 0 spiro atoms. The Morgan fingerprint density at radius 2 is 2.00 bits per heavy atom. The molecule has 1 aromatic carbocycles. The van der Waals surface area contributed by atoms with Crippen molar-refractivity contribution < 1.29 is 13.9 Å². The van der Waals surface area contributed by atoms with Gasteiger partial charge in [0, 0.05) is 17.8 Å². The van der Waals surface area contributed by atoms with Crippen LogP contribution >= 0.6 is 11.3 Å². The topological polar surface area (TPSA) is 117 Å². The minimum absolute atomic E-state index is 0.0634. The molecule has 4 aromatic rings. The second-order valence-electron chi connectivity index (χ2n) is 5.79. The zero-order chi connectivity index (χ0) is 18.8. The molecule has 9 heteroatoms. The minimum Gasteiger partial charge on any atom is -0.481 e. The van der Waals surface area contributed by atoms with Crippen LogP contribution in [0, 0.1) is 0 Å². The maximum atomic E-state index is 10.9. The van der Waals surface area contributed by atoms with Gasteiger partial charge in [-0.2, -0.15) is 0 Å². The number of carbonyl (C=O) groups is 1. The Bertz CT molecular complexity index is 1100. The molecule has 4 rings (SSSR count). The maximum absolute atomic E-state index is 10.9. The van der Waals surface area contributed by atoms with Crippen LogP contribution < -0.4 is 10.5 Å². The molecule has 0 fully saturated rings. The molecule has 3 aromatic heterocycles. The van der Waals surface area contributed by atoms with Crippen molar-refractivity contribution in [1.82, 2.24) is 20.2 Å². The summed E-state index contributed by atoms with van der Waals surface area (Å²) in [4.78, 5) is 19.8. The monoisotopic (exact) mass is 381 g/mol. The number of primary amides is 1. The average Bonchev–Trinajstić information content (AvgIpc) is 3.27. The quantitative estimate of drug-likeness (QED) is 0.545. The number of hydrogen-bond acceptors (Lipinski definition) is 8. The predicted octanol–water partition coefficient (Wildman–Crippen LogP) is 2.37. The average molecular weight is 381 g/mol. The summed E-state index contributed by atoms with van der Waals surface area (Å²) in [7, 11) is 1.59. The smallest absolute Gasteiger partial charge is 0.226 e. The van der Waals surface area contributed by atoms with E-state index in [0.717, 1.165) is 26.4 Å². The van der Waals surface area contributed by atoms with E-state index in [1.54, 1.807) is 24.6 Å². The highest BCUT2D eigenvalue weighted by atomic mass is 32.1. The van der Waals surface area contributed by atoms with Gasteiger partial charge >= 0.3 is 0 Å². The minimum atomic E-state index is -0.509. The first-order valence-corrected chi connectivity index (χ1v) is 8.92. The van der Waals surface area contributed by atoms with Crippen molar-refractivity contribution in [2.75, 3.05) is 7.11 Å². The van der Waals surface area contributed by atoms with Crippen molar-refractivity contribution in [3.63, 3.8) is 0 Å². The molecule has 0 aliphatic carbocycles.